The summed E-state index contributed by atoms with van der Waals surface area (Å²) in [5, 5.41) is 15.3. The Labute approximate surface area is 107 Å². The Hall–Kier alpha value is -0.950. The van der Waals surface area contributed by atoms with Gasteiger partial charge in [-0.3, -0.25) is 0 Å². The van der Waals surface area contributed by atoms with Gasteiger partial charge in [0.15, 0.2) is 0 Å². The molecule has 5 nitrogen and oxygen atoms in total. The molecule has 1 aromatic carbocycles. The number of aliphatic hydroxyl groups is 1. The molecule has 0 spiro atoms. The first-order valence-corrected chi connectivity index (χ1v) is 7.51. The van der Waals surface area contributed by atoms with Crippen molar-refractivity contribution in [1.29, 1.82) is 0 Å². The molecule has 1 saturated heterocycles. The summed E-state index contributed by atoms with van der Waals surface area (Å²) < 4.78 is 24.1. The predicted octanol–water partition coefficient (Wildman–Crippen LogP) is 0.778. The van der Waals surface area contributed by atoms with Crippen LogP contribution in [0.25, 0.3) is 0 Å². The van der Waals surface area contributed by atoms with Gasteiger partial charge in [0.05, 0.1) is 6.10 Å². The molecule has 0 amide bonds. The highest BCUT2D eigenvalue weighted by atomic mass is 32.2. The van der Waals surface area contributed by atoms with Crippen LogP contribution in [0.3, 0.4) is 0 Å². The molecule has 2 rings (SSSR count). The highest BCUT2D eigenvalue weighted by Crippen LogP contribution is 2.28. The monoisotopic (exact) mass is 270 g/mol. The number of hydrogen-bond donors (Lipinski definition) is 2. The van der Waals surface area contributed by atoms with Gasteiger partial charge < -0.3 is 5.11 Å². The zero-order chi connectivity index (χ0) is 13.2. The summed E-state index contributed by atoms with van der Waals surface area (Å²) in [6, 6.07) is 9.05. The third-order valence-corrected chi connectivity index (χ3v) is 4.46. The van der Waals surface area contributed by atoms with Crippen LogP contribution in [0.4, 0.5) is 0 Å². The molecule has 0 radical (unpaired) electrons. The van der Waals surface area contributed by atoms with Crippen LogP contribution in [-0.2, 0) is 10.2 Å². The molecule has 6 heteroatoms. The fourth-order valence-electron chi connectivity index (χ4n) is 2.45. The van der Waals surface area contributed by atoms with Gasteiger partial charge in [-0.1, -0.05) is 30.3 Å². The number of nitrogens with two attached hydrogens (primary N) is 1. The van der Waals surface area contributed by atoms with Gasteiger partial charge in [-0.2, -0.15) is 12.7 Å². The fraction of sp³-hybridized carbons (Fsp3) is 0.500. The molecule has 1 fully saturated rings. The lowest BCUT2D eigenvalue weighted by molar-refractivity contribution is 0.142. The average Bonchev–Trinajstić information content (AvgIpc) is 2.78. The summed E-state index contributed by atoms with van der Waals surface area (Å²) in [5.74, 6) is 0. The summed E-state index contributed by atoms with van der Waals surface area (Å²) in [6.07, 6.45) is 1.28. The first-order chi connectivity index (χ1) is 8.48. The minimum absolute atomic E-state index is 0.199. The van der Waals surface area contributed by atoms with Crippen molar-refractivity contribution in [2.45, 2.75) is 31.4 Å². The van der Waals surface area contributed by atoms with E-state index in [1.807, 2.05) is 30.3 Å². The molecule has 3 N–H and O–H groups in total. The van der Waals surface area contributed by atoms with Crippen LogP contribution in [0.15, 0.2) is 30.3 Å². The Bertz CT molecular complexity index is 489. The van der Waals surface area contributed by atoms with E-state index in [0.717, 1.165) is 18.4 Å². The van der Waals surface area contributed by atoms with E-state index >= 15 is 0 Å². The summed E-state index contributed by atoms with van der Waals surface area (Å²) >= 11 is 0. The highest BCUT2D eigenvalue weighted by Gasteiger charge is 2.33. The standard InChI is InChI=1S/C12H18N2O3S/c13-18(16,17)14-8-4-7-11(14)9-12(15)10-5-2-1-3-6-10/h1-3,5-6,11-12,15H,4,7-9H2,(H2,13,16,17)/t11-,12+/m0/s1. The van der Waals surface area contributed by atoms with Gasteiger partial charge >= 0.3 is 0 Å². The van der Waals surface area contributed by atoms with Crippen molar-refractivity contribution >= 4 is 10.2 Å². The Morgan fingerprint density at radius 2 is 2.06 bits per heavy atom. The van der Waals surface area contributed by atoms with Gasteiger partial charge in [-0.05, 0) is 24.8 Å². The largest absolute Gasteiger partial charge is 0.388 e. The zero-order valence-corrected chi connectivity index (χ0v) is 10.9. The number of hydrogen-bond acceptors (Lipinski definition) is 3. The molecular formula is C12H18N2O3S. The fourth-order valence-corrected chi connectivity index (χ4v) is 3.44. The van der Waals surface area contributed by atoms with E-state index in [1.54, 1.807) is 0 Å². The normalized spacial score (nSPS) is 23.1. The molecule has 100 valence electrons. The second-order valence-corrected chi connectivity index (χ2v) is 6.11. The highest BCUT2D eigenvalue weighted by molar-refractivity contribution is 7.86. The van der Waals surface area contributed by atoms with Crippen LogP contribution in [-0.4, -0.2) is 30.4 Å². The summed E-state index contributed by atoms with van der Waals surface area (Å²) in [7, 11) is -3.66. The maximum atomic E-state index is 11.4. The van der Waals surface area contributed by atoms with E-state index in [1.165, 1.54) is 4.31 Å². The van der Waals surface area contributed by atoms with Gasteiger partial charge in [0.2, 0.25) is 0 Å². The molecule has 0 bridgehead atoms. The summed E-state index contributed by atoms with van der Waals surface area (Å²) in [5.41, 5.74) is 0.804. The quantitative estimate of drug-likeness (QED) is 0.848. The van der Waals surface area contributed by atoms with E-state index in [0.29, 0.717) is 13.0 Å². The summed E-state index contributed by atoms with van der Waals surface area (Å²) in [4.78, 5) is 0. The Morgan fingerprint density at radius 3 is 2.67 bits per heavy atom. The Kier molecular flexibility index (Phi) is 4.01. The molecule has 2 atom stereocenters. The molecule has 1 aliphatic rings. The zero-order valence-electron chi connectivity index (χ0n) is 10.1. The smallest absolute Gasteiger partial charge is 0.277 e. The Morgan fingerprint density at radius 1 is 1.39 bits per heavy atom. The van der Waals surface area contributed by atoms with Crippen molar-refractivity contribution in [1.82, 2.24) is 4.31 Å². The third-order valence-electron chi connectivity index (χ3n) is 3.33. The first kappa shape index (κ1) is 13.5. The average molecular weight is 270 g/mol. The maximum Gasteiger partial charge on any atom is 0.277 e. The SMILES string of the molecule is NS(=O)(=O)N1CCC[C@H]1C[C@@H](O)c1ccccc1. The minimum atomic E-state index is -3.66. The molecule has 1 aliphatic heterocycles. The molecule has 0 aromatic heterocycles. The number of aliphatic hydroxyl groups excluding tert-OH is 1. The second-order valence-electron chi connectivity index (χ2n) is 4.61. The van der Waals surface area contributed by atoms with Gasteiger partial charge in [0.1, 0.15) is 0 Å². The van der Waals surface area contributed by atoms with E-state index < -0.39 is 16.3 Å². The van der Waals surface area contributed by atoms with Crippen molar-refractivity contribution in [3.63, 3.8) is 0 Å². The molecule has 0 aliphatic carbocycles. The molecule has 1 heterocycles. The number of benzene rings is 1. The van der Waals surface area contributed by atoms with Gasteiger partial charge in [-0.25, -0.2) is 5.14 Å². The predicted molar refractivity (Wildman–Crippen MR) is 68.9 cm³/mol. The first-order valence-electron chi connectivity index (χ1n) is 6.01. The van der Waals surface area contributed by atoms with Gasteiger partial charge in [0.25, 0.3) is 10.2 Å². The van der Waals surface area contributed by atoms with Crippen LogP contribution in [0.2, 0.25) is 0 Å². The third kappa shape index (κ3) is 3.08. The maximum absolute atomic E-state index is 11.4. The molecule has 18 heavy (non-hydrogen) atoms. The van der Waals surface area contributed by atoms with E-state index in [2.05, 4.69) is 0 Å². The molecular weight excluding hydrogens is 252 g/mol. The lowest BCUT2D eigenvalue weighted by atomic mass is 10.0. The van der Waals surface area contributed by atoms with E-state index in [4.69, 9.17) is 5.14 Å². The van der Waals surface area contributed by atoms with E-state index in [-0.39, 0.29) is 6.04 Å². The number of rotatable bonds is 4. The van der Waals surface area contributed by atoms with E-state index in [9.17, 15) is 13.5 Å². The van der Waals surface area contributed by atoms with Crippen molar-refractivity contribution < 1.29 is 13.5 Å². The van der Waals surface area contributed by atoms with Gasteiger partial charge in [-0.15, -0.1) is 0 Å². The van der Waals surface area contributed by atoms with Crippen molar-refractivity contribution in [3.8, 4) is 0 Å². The van der Waals surface area contributed by atoms with Crippen molar-refractivity contribution in [2.75, 3.05) is 6.54 Å². The number of nitrogens with zero attached hydrogens (tertiary/aromatic N) is 1. The van der Waals surface area contributed by atoms with Gasteiger partial charge in [0, 0.05) is 12.6 Å². The lowest BCUT2D eigenvalue weighted by Crippen LogP contribution is -2.40. The second kappa shape index (κ2) is 5.36. The van der Waals surface area contributed by atoms with Crippen molar-refractivity contribution in [3.05, 3.63) is 35.9 Å². The molecule has 0 saturated carbocycles. The molecule has 0 unspecified atom stereocenters. The minimum Gasteiger partial charge on any atom is -0.388 e. The Balaban J connectivity index is 2.05. The van der Waals surface area contributed by atoms with Crippen LogP contribution in [0.5, 0.6) is 0 Å². The lowest BCUT2D eigenvalue weighted by Gasteiger charge is -2.24. The van der Waals surface area contributed by atoms with Crippen LogP contribution in [0.1, 0.15) is 30.9 Å². The summed E-state index contributed by atoms with van der Waals surface area (Å²) in [6.45, 7) is 0.449. The molecule has 1 aromatic rings. The van der Waals surface area contributed by atoms with Crippen LogP contribution >= 0.6 is 0 Å². The van der Waals surface area contributed by atoms with Crippen LogP contribution in [0, 0.1) is 0 Å². The topological polar surface area (TPSA) is 83.6 Å². The van der Waals surface area contributed by atoms with Crippen molar-refractivity contribution in [2.24, 2.45) is 5.14 Å². The van der Waals surface area contributed by atoms with Crippen LogP contribution < -0.4 is 5.14 Å².